The Bertz CT molecular complexity index is 540. The van der Waals surface area contributed by atoms with E-state index in [4.69, 9.17) is 5.73 Å². The lowest BCUT2D eigenvalue weighted by Crippen LogP contribution is -2.24. The van der Waals surface area contributed by atoms with Gasteiger partial charge in [-0.3, -0.25) is 4.98 Å². The molecule has 0 saturated heterocycles. The molecule has 0 fully saturated rings. The molecule has 1 atom stereocenters. The number of nitrogens with zero attached hydrogens (tertiary/aromatic N) is 1. The van der Waals surface area contributed by atoms with Gasteiger partial charge in [-0.2, -0.15) is 0 Å². The minimum Gasteiger partial charge on any atom is -0.398 e. The van der Waals surface area contributed by atoms with E-state index in [0.717, 1.165) is 23.5 Å². The highest BCUT2D eigenvalue weighted by Crippen LogP contribution is 2.27. The van der Waals surface area contributed by atoms with Crippen LogP contribution >= 0.6 is 11.8 Å². The summed E-state index contributed by atoms with van der Waals surface area (Å²) in [4.78, 5) is 5.46. The number of aryl methyl sites for hydroxylation is 1. The third-order valence-electron chi connectivity index (χ3n) is 3.15. The summed E-state index contributed by atoms with van der Waals surface area (Å²) in [5, 5.41) is 3.48. The summed E-state index contributed by atoms with van der Waals surface area (Å²) >= 11 is 1.83. The first-order chi connectivity index (χ1) is 9.70. The molecule has 1 unspecified atom stereocenters. The predicted molar refractivity (Wildman–Crippen MR) is 87.0 cm³/mol. The largest absolute Gasteiger partial charge is 0.398 e. The average Bonchev–Trinajstić information content (AvgIpc) is 2.46. The van der Waals surface area contributed by atoms with Crippen molar-refractivity contribution in [2.24, 2.45) is 0 Å². The van der Waals surface area contributed by atoms with Crippen LogP contribution in [0.15, 0.2) is 47.6 Å². The molecular weight excluding hydrogens is 266 g/mol. The zero-order chi connectivity index (χ0) is 14.4. The third kappa shape index (κ3) is 3.99. The van der Waals surface area contributed by atoms with Gasteiger partial charge in [0.05, 0.1) is 0 Å². The quantitative estimate of drug-likeness (QED) is 0.799. The van der Waals surface area contributed by atoms with Crippen molar-refractivity contribution < 1.29 is 0 Å². The molecule has 106 valence electrons. The van der Waals surface area contributed by atoms with Crippen molar-refractivity contribution >= 4 is 17.4 Å². The minimum atomic E-state index is 0.222. The van der Waals surface area contributed by atoms with Gasteiger partial charge in [0, 0.05) is 40.3 Å². The van der Waals surface area contributed by atoms with Gasteiger partial charge < -0.3 is 11.1 Å². The van der Waals surface area contributed by atoms with Crippen LogP contribution in [-0.2, 0) is 0 Å². The molecule has 2 rings (SSSR count). The van der Waals surface area contributed by atoms with E-state index in [1.165, 1.54) is 10.5 Å². The van der Waals surface area contributed by atoms with E-state index in [9.17, 15) is 0 Å². The molecule has 0 radical (unpaired) electrons. The van der Waals surface area contributed by atoms with Gasteiger partial charge in [-0.1, -0.05) is 24.6 Å². The summed E-state index contributed by atoms with van der Waals surface area (Å²) in [5.74, 6) is 0.937. The van der Waals surface area contributed by atoms with Crippen molar-refractivity contribution in [2.45, 2.75) is 24.8 Å². The molecule has 1 aromatic heterocycles. The molecule has 20 heavy (non-hydrogen) atoms. The Labute approximate surface area is 125 Å². The van der Waals surface area contributed by atoms with Crippen LogP contribution < -0.4 is 11.1 Å². The van der Waals surface area contributed by atoms with E-state index in [-0.39, 0.29) is 6.04 Å². The zero-order valence-corrected chi connectivity index (χ0v) is 12.8. The van der Waals surface area contributed by atoms with Gasteiger partial charge in [0.15, 0.2) is 0 Å². The molecule has 3 N–H and O–H groups in total. The van der Waals surface area contributed by atoms with E-state index in [0.29, 0.717) is 0 Å². The molecule has 0 aliphatic carbocycles. The van der Waals surface area contributed by atoms with Crippen LogP contribution in [0, 0.1) is 6.92 Å². The number of nitrogens with two attached hydrogens (primary N) is 1. The van der Waals surface area contributed by atoms with Crippen molar-refractivity contribution in [1.82, 2.24) is 10.3 Å². The highest BCUT2D eigenvalue weighted by molar-refractivity contribution is 7.99. The van der Waals surface area contributed by atoms with Crippen LogP contribution in [0.3, 0.4) is 0 Å². The van der Waals surface area contributed by atoms with Gasteiger partial charge in [0.25, 0.3) is 0 Å². The second-order valence-electron chi connectivity index (χ2n) is 4.74. The maximum Gasteiger partial charge on any atom is 0.0451 e. The zero-order valence-electron chi connectivity index (χ0n) is 12.0. The van der Waals surface area contributed by atoms with Crippen molar-refractivity contribution in [3.63, 3.8) is 0 Å². The lowest BCUT2D eigenvalue weighted by atomic mass is 10.1. The second kappa shape index (κ2) is 7.31. The predicted octanol–water partition coefficient (Wildman–Crippen LogP) is 3.42. The maximum absolute atomic E-state index is 6.05. The van der Waals surface area contributed by atoms with Crippen LogP contribution in [0.4, 0.5) is 5.69 Å². The highest BCUT2D eigenvalue weighted by atomic mass is 32.2. The molecule has 0 amide bonds. The Hall–Kier alpha value is -1.52. The standard InChI is InChI=1S/C16H21N3S/c1-3-19-16(14-10-18-9-8-15(14)17)11-20-13-6-4-12(2)5-7-13/h4-10,16,19H,3,11H2,1-2H3,(H2,17,18). The fourth-order valence-corrected chi connectivity index (χ4v) is 3.01. The molecular formula is C16H21N3S. The van der Waals surface area contributed by atoms with Crippen LogP contribution in [0.5, 0.6) is 0 Å². The van der Waals surface area contributed by atoms with Crippen molar-refractivity contribution in [2.75, 3.05) is 18.0 Å². The number of aromatic nitrogens is 1. The monoisotopic (exact) mass is 287 g/mol. The summed E-state index contributed by atoms with van der Waals surface area (Å²) in [7, 11) is 0. The van der Waals surface area contributed by atoms with E-state index < -0.39 is 0 Å². The Morgan fingerprint density at radius 1 is 1.25 bits per heavy atom. The number of pyridine rings is 1. The summed E-state index contributed by atoms with van der Waals surface area (Å²) in [5.41, 5.74) is 9.22. The highest BCUT2D eigenvalue weighted by Gasteiger charge is 2.13. The maximum atomic E-state index is 6.05. The Kier molecular flexibility index (Phi) is 5.44. The number of rotatable bonds is 6. The SMILES string of the molecule is CCNC(CSc1ccc(C)cc1)c1cnccc1N. The average molecular weight is 287 g/mol. The summed E-state index contributed by atoms with van der Waals surface area (Å²) in [6.07, 6.45) is 3.59. The smallest absolute Gasteiger partial charge is 0.0451 e. The number of thioether (sulfide) groups is 1. The third-order valence-corrected chi connectivity index (χ3v) is 4.26. The lowest BCUT2D eigenvalue weighted by Gasteiger charge is -2.19. The molecule has 4 heteroatoms. The number of hydrogen-bond acceptors (Lipinski definition) is 4. The van der Waals surface area contributed by atoms with Crippen molar-refractivity contribution in [3.05, 3.63) is 53.9 Å². The van der Waals surface area contributed by atoms with Crippen molar-refractivity contribution in [3.8, 4) is 0 Å². The van der Waals surface area contributed by atoms with Crippen LogP contribution in [-0.4, -0.2) is 17.3 Å². The van der Waals surface area contributed by atoms with E-state index in [1.54, 1.807) is 6.20 Å². The Balaban J connectivity index is 2.06. The molecule has 0 bridgehead atoms. The van der Waals surface area contributed by atoms with Crippen LogP contribution in [0.25, 0.3) is 0 Å². The number of nitrogen functional groups attached to an aromatic ring is 1. The van der Waals surface area contributed by atoms with Gasteiger partial charge in [0.2, 0.25) is 0 Å². The lowest BCUT2D eigenvalue weighted by molar-refractivity contribution is 0.605. The van der Waals surface area contributed by atoms with Gasteiger partial charge in [-0.05, 0) is 31.7 Å². The first-order valence-corrected chi connectivity index (χ1v) is 7.81. The topological polar surface area (TPSA) is 50.9 Å². The molecule has 2 aromatic rings. The molecule has 0 aliphatic rings. The van der Waals surface area contributed by atoms with Gasteiger partial charge in [-0.25, -0.2) is 0 Å². The van der Waals surface area contributed by atoms with Crippen LogP contribution in [0.1, 0.15) is 24.1 Å². The van der Waals surface area contributed by atoms with Crippen molar-refractivity contribution in [1.29, 1.82) is 0 Å². The van der Waals surface area contributed by atoms with Crippen LogP contribution in [0.2, 0.25) is 0 Å². The van der Waals surface area contributed by atoms with Gasteiger partial charge in [-0.15, -0.1) is 11.8 Å². The first kappa shape index (κ1) is 14.9. The molecule has 0 spiro atoms. The Morgan fingerprint density at radius 2 is 2.00 bits per heavy atom. The fraction of sp³-hybridized carbons (Fsp3) is 0.312. The number of anilines is 1. The minimum absolute atomic E-state index is 0.222. The Morgan fingerprint density at radius 3 is 2.65 bits per heavy atom. The summed E-state index contributed by atoms with van der Waals surface area (Å²) in [6, 6.07) is 10.7. The summed E-state index contributed by atoms with van der Waals surface area (Å²) < 4.78 is 0. The van der Waals surface area contributed by atoms with Gasteiger partial charge >= 0.3 is 0 Å². The summed E-state index contributed by atoms with van der Waals surface area (Å²) in [6.45, 7) is 5.12. The number of hydrogen-bond donors (Lipinski definition) is 2. The molecule has 0 aliphatic heterocycles. The van der Waals surface area contributed by atoms with E-state index >= 15 is 0 Å². The number of benzene rings is 1. The molecule has 0 saturated carbocycles. The number of nitrogens with one attached hydrogen (secondary N) is 1. The second-order valence-corrected chi connectivity index (χ2v) is 5.83. The molecule has 1 heterocycles. The molecule has 3 nitrogen and oxygen atoms in total. The van der Waals surface area contributed by atoms with E-state index in [2.05, 4.69) is 48.4 Å². The first-order valence-electron chi connectivity index (χ1n) is 6.83. The van der Waals surface area contributed by atoms with Gasteiger partial charge in [0.1, 0.15) is 0 Å². The van der Waals surface area contributed by atoms with E-state index in [1.807, 2.05) is 24.0 Å². The molecule has 1 aromatic carbocycles. The normalized spacial score (nSPS) is 12.3. The fourth-order valence-electron chi connectivity index (χ4n) is 2.03.